The van der Waals surface area contributed by atoms with Crippen molar-refractivity contribution in [3.8, 4) is 0 Å². The topological polar surface area (TPSA) is 68.0 Å². The van der Waals surface area contributed by atoms with E-state index in [1.54, 1.807) is 6.20 Å². The van der Waals surface area contributed by atoms with Gasteiger partial charge in [-0.2, -0.15) is 0 Å². The van der Waals surface area contributed by atoms with Gasteiger partial charge in [-0.15, -0.1) is 11.3 Å². The first kappa shape index (κ1) is 14.3. The highest BCUT2D eigenvalue weighted by atomic mass is 32.1. The number of pyridine rings is 1. The Hall–Kier alpha value is -1.62. The number of carbonyl (C=O) groups excluding carboxylic acids is 1. The second kappa shape index (κ2) is 5.30. The normalized spacial score (nSPS) is 18.8. The van der Waals surface area contributed by atoms with Crippen molar-refractivity contribution in [3.63, 3.8) is 0 Å². The minimum absolute atomic E-state index is 0.0554. The first-order valence-electron chi connectivity index (χ1n) is 7.40. The molecule has 0 unspecified atom stereocenters. The Kier molecular flexibility index (Phi) is 3.61. The van der Waals surface area contributed by atoms with E-state index in [2.05, 4.69) is 24.1 Å². The molecule has 2 heterocycles. The zero-order valence-electron chi connectivity index (χ0n) is 12.5. The molecule has 1 saturated carbocycles. The Labute approximate surface area is 128 Å². The van der Waals surface area contributed by atoms with Gasteiger partial charge in [0.2, 0.25) is 0 Å². The van der Waals surface area contributed by atoms with Crippen LogP contribution in [-0.4, -0.2) is 16.9 Å². The second-order valence-corrected chi connectivity index (χ2v) is 7.66. The maximum Gasteiger partial charge on any atom is 0.263 e. The number of nitrogens with zero attached hydrogens (tertiary/aromatic N) is 1. The summed E-state index contributed by atoms with van der Waals surface area (Å²) in [5.41, 5.74) is 7.72. The molecule has 1 fully saturated rings. The van der Waals surface area contributed by atoms with Gasteiger partial charge in [-0.1, -0.05) is 13.8 Å². The smallest absolute Gasteiger partial charge is 0.263 e. The number of thiophene rings is 1. The number of nitrogens with two attached hydrogens (primary N) is 1. The number of anilines is 1. The third-order valence-corrected chi connectivity index (χ3v) is 5.52. The largest absolute Gasteiger partial charge is 0.396 e. The van der Waals surface area contributed by atoms with Gasteiger partial charge in [0.1, 0.15) is 10.4 Å². The third kappa shape index (κ3) is 2.88. The molecule has 1 aliphatic carbocycles. The molecule has 0 spiro atoms. The Morgan fingerprint density at radius 2 is 2.14 bits per heavy atom. The summed E-state index contributed by atoms with van der Waals surface area (Å²) in [5, 5.41) is 3.14. The van der Waals surface area contributed by atoms with E-state index in [-0.39, 0.29) is 11.9 Å². The molecule has 0 radical (unpaired) electrons. The molecule has 1 amide bonds. The predicted molar refractivity (Wildman–Crippen MR) is 87.5 cm³/mol. The van der Waals surface area contributed by atoms with E-state index in [1.165, 1.54) is 11.3 Å². The van der Waals surface area contributed by atoms with Gasteiger partial charge >= 0.3 is 0 Å². The Morgan fingerprint density at radius 1 is 1.43 bits per heavy atom. The first-order valence-corrected chi connectivity index (χ1v) is 8.22. The average Bonchev–Trinajstić information content (AvgIpc) is 2.79. The van der Waals surface area contributed by atoms with E-state index in [9.17, 15) is 4.79 Å². The van der Waals surface area contributed by atoms with Gasteiger partial charge in [0.15, 0.2) is 0 Å². The molecule has 3 N–H and O–H groups in total. The van der Waals surface area contributed by atoms with Gasteiger partial charge in [0.05, 0.1) is 10.4 Å². The number of hydrogen-bond donors (Lipinski definition) is 2. The summed E-state index contributed by atoms with van der Waals surface area (Å²) in [4.78, 5) is 17.3. The molecular formula is C16H21N3OS. The van der Waals surface area contributed by atoms with Gasteiger partial charge in [-0.05, 0) is 43.2 Å². The van der Waals surface area contributed by atoms with Crippen molar-refractivity contribution in [1.82, 2.24) is 10.3 Å². The first-order chi connectivity index (χ1) is 9.96. The van der Waals surface area contributed by atoms with Crippen LogP contribution in [0.4, 0.5) is 5.69 Å². The van der Waals surface area contributed by atoms with Gasteiger partial charge in [0.25, 0.3) is 5.91 Å². The number of fused-ring (bicyclic) bond motifs is 1. The highest BCUT2D eigenvalue weighted by molar-refractivity contribution is 7.21. The molecule has 0 aliphatic heterocycles. The molecule has 0 bridgehead atoms. The zero-order valence-corrected chi connectivity index (χ0v) is 13.3. The van der Waals surface area contributed by atoms with Crippen LogP contribution in [0, 0.1) is 5.41 Å². The van der Waals surface area contributed by atoms with Crippen LogP contribution in [0.15, 0.2) is 18.3 Å². The summed E-state index contributed by atoms with van der Waals surface area (Å²) in [6.45, 7) is 4.58. The van der Waals surface area contributed by atoms with E-state index >= 15 is 0 Å². The average molecular weight is 303 g/mol. The SMILES string of the molecule is CC1(C)CCC(NC(=O)c2sc3cccnc3c2N)CC1. The lowest BCUT2D eigenvalue weighted by Crippen LogP contribution is -2.39. The summed E-state index contributed by atoms with van der Waals surface area (Å²) >= 11 is 1.42. The molecule has 2 aromatic rings. The standard InChI is InChI=1S/C16H21N3OS/c1-16(2)7-5-10(6-8-16)19-15(20)14-12(17)13-11(21-14)4-3-9-18-13/h3-4,9-10H,5-8,17H2,1-2H3,(H,19,20). The van der Waals surface area contributed by atoms with Gasteiger partial charge < -0.3 is 11.1 Å². The molecule has 1 aliphatic rings. The molecule has 0 saturated heterocycles. The van der Waals surface area contributed by atoms with Crippen molar-refractivity contribution in [2.75, 3.05) is 5.73 Å². The fourth-order valence-electron chi connectivity index (χ4n) is 2.91. The second-order valence-electron chi connectivity index (χ2n) is 6.61. The van der Waals surface area contributed by atoms with E-state index in [1.807, 2.05) is 12.1 Å². The maximum atomic E-state index is 12.5. The van der Waals surface area contributed by atoms with Crippen LogP contribution in [0.3, 0.4) is 0 Å². The molecule has 112 valence electrons. The van der Waals surface area contributed by atoms with Crippen molar-refractivity contribution >= 4 is 33.1 Å². The fraction of sp³-hybridized carbons (Fsp3) is 0.500. The molecule has 0 atom stereocenters. The van der Waals surface area contributed by atoms with Crippen LogP contribution in [0.2, 0.25) is 0 Å². The Morgan fingerprint density at radius 3 is 2.81 bits per heavy atom. The number of rotatable bonds is 2. The van der Waals surface area contributed by atoms with Crippen molar-refractivity contribution in [3.05, 3.63) is 23.2 Å². The number of hydrogen-bond acceptors (Lipinski definition) is 4. The minimum atomic E-state index is -0.0554. The van der Waals surface area contributed by atoms with Crippen molar-refractivity contribution in [2.24, 2.45) is 5.41 Å². The number of nitrogen functional groups attached to an aromatic ring is 1. The molecule has 4 nitrogen and oxygen atoms in total. The van der Waals surface area contributed by atoms with Crippen LogP contribution in [0.1, 0.15) is 49.2 Å². The molecule has 5 heteroatoms. The summed E-state index contributed by atoms with van der Waals surface area (Å²) in [6.07, 6.45) is 6.10. The summed E-state index contributed by atoms with van der Waals surface area (Å²) in [6, 6.07) is 4.08. The zero-order chi connectivity index (χ0) is 15.0. The van der Waals surface area contributed by atoms with Crippen LogP contribution in [-0.2, 0) is 0 Å². The van der Waals surface area contributed by atoms with Gasteiger partial charge in [-0.25, -0.2) is 0 Å². The van der Waals surface area contributed by atoms with Crippen molar-refractivity contribution in [2.45, 2.75) is 45.6 Å². The summed E-state index contributed by atoms with van der Waals surface area (Å²) in [7, 11) is 0. The van der Waals surface area contributed by atoms with E-state index in [4.69, 9.17) is 5.73 Å². The highest BCUT2D eigenvalue weighted by Gasteiger charge is 2.28. The van der Waals surface area contributed by atoms with Crippen molar-refractivity contribution < 1.29 is 4.79 Å². The Balaban J connectivity index is 1.74. The van der Waals surface area contributed by atoms with Crippen LogP contribution < -0.4 is 11.1 Å². The number of nitrogens with one attached hydrogen (secondary N) is 1. The molecule has 0 aromatic carbocycles. The summed E-state index contributed by atoms with van der Waals surface area (Å²) in [5.74, 6) is -0.0554. The molecular weight excluding hydrogens is 282 g/mol. The predicted octanol–water partition coefficient (Wildman–Crippen LogP) is 3.58. The molecule has 2 aromatic heterocycles. The van der Waals surface area contributed by atoms with Gasteiger partial charge in [-0.3, -0.25) is 9.78 Å². The lowest BCUT2D eigenvalue weighted by Gasteiger charge is -2.34. The van der Waals surface area contributed by atoms with Crippen molar-refractivity contribution in [1.29, 1.82) is 0 Å². The monoisotopic (exact) mass is 303 g/mol. The van der Waals surface area contributed by atoms with Crippen LogP contribution in [0.5, 0.6) is 0 Å². The molecule has 21 heavy (non-hydrogen) atoms. The van der Waals surface area contributed by atoms with Gasteiger partial charge in [0, 0.05) is 12.2 Å². The lowest BCUT2D eigenvalue weighted by molar-refractivity contribution is 0.0914. The van der Waals surface area contributed by atoms with E-state index in [0.29, 0.717) is 16.0 Å². The maximum absolute atomic E-state index is 12.5. The van der Waals surface area contributed by atoms with E-state index in [0.717, 1.165) is 35.9 Å². The minimum Gasteiger partial charge on any atom is -0.396 e. The highest BCUT2D eigenvalue weighted by Crippen LogP contribution is 2.36. The number of carbonyl (C=O) groups is 1. The third-order valence-electron chi connectivity index (χ3n) is 4.36. The molecule has 3 rings (SSSR count). The van der Waals surface area contributed by atoms with Crippen LogP contribution in [0.25, 0.3) is 10.2 Å². The lowest BCUT2D eigenvalue weighted by atomic mass is 9.75. The van der Waals surface area contributed by atoms with Crippen LogP contribution >= 0.6 is 11.3 Å². The van der Waals surface area contributed by atoms with E-state index < -0.39 is 0 Å². The summed E-state index contributed by atoms with van der Waals surface area (Å²) < 4.78 is 0.963. The Bertz CT molecular complexity index is 667. The quantitative estimate of drug-likeness (QED) is 0.891. The number of aromatic nitrogens is 1. The fourth-order valence-corrected chi connectivity index (χ4v) is 3.89. The number of amides is 1.